The monoisotopic (exact) mass is 171 g/mol. The van der Waals surface area contributed by atoms with Crippen molar-refractivity contribution in [2.24, 2.45) is 0 Å². The molecule has 0 aliphatic rings. The van der Waals surface area contributed by atoms with Gasteiger partial charge in [-0.2, -0.15) is 13.2 Å². The van der Waals surface area contributed by atoms with Gasteiger partial charge >= 0.3 is 6.18 Å². The third-order valence-corrected chi connectivity index (χ3v) is 1.31. The van der Waals surface area contributed by atoms with Crippen LogP contribution in [0.4, 0.5) is 17.6 Å². The second-order valence-electron chi connectivity index (χ2n) is 2.36. The van der Waals surface area contributed by atoms with E-state index in [-0.39, 0.29) is 6.42 Å². The van der Waals surface area contributed by atoms with Crippen molar-refractivity contribution in [2.75, 3.05) is 0 Å². The number of hydrogen-bond acceptors (Lipinski definition) is 0. The molecule has 0 unspecified atom stereocenters. The SMILES string of the molecule is [CH2]CCCC[C@H](F)C(F)(F)F. The molecule has 11 heavy (non-hydrogen) atoms. The van der Waals surface area contributed by atoms with Gasteiger partial charge in [0.1, 0.15) is 0 Å². The van der Waals surface area contributed by atoms with E-state index in [0.717, 1.165) is 0 Å². The molecule has 0 spiro atoms. The van der Waals surface area contributed by atoms with Gasteiger partial charge in [-0.15, -0.1) is 0 Å². The molecule has 0 aromatic heterocycles. The standard InChI is InChI=1S/C7H11F4/c1-2-3-4-5-6(8)7(9,10)11/h6H,1-5H2/t6-/m0/s1. The molecule has 4 heteroatoms. The minimum absolute atomic E-state index is 0.254. The molecule has 0 amide bonds. The van der Waals surface area contributed by atoms with Gasteiger partial charge in [0.25, 0.3) is 0 Å². The van der Waals surface area contributed by atoms with Gasteiger partial charge in [0.15, 0.2) is 6.17 Å². The molecule has 0 heterocycles. The Morgan fingerprint density at radius 2 is 1.73 bits per heavy atom. The van der Waals surface area contributed by atoms with Crippen molar-refractivity contribution in [3.63, 3.8) is 0 Å². The van der Waals surface area contributed by atoms with E-state index in [1.54, 1.807) is 0 Å². The van der Waals surface area contributed by atoms with E-state index in [2.05, 4.69) is 6.92 Å². The summed E-state index contributed by atoms with van der Waals surface area (Å²) in [5.41, 5.74) is 0. The lowest BCUT2D eigenvalue weighted by molar-refractivity contribution is -0.182. The van der Waals surface area contributed by atoms with Gasteiger partial charge in [0.05, 0.1) is 0 Å². The van der Waals surface area contributed by atoms with E-state index >= 15 is 0 Å². The molecule has 0 aromatic carbocycles. The third-order valence-electron chi connectivity index (χ3n) is 1.31. The van der Waals surface area contributed by atoms with Crippen LogP contribution in [0.15, 0.2) is 0 Å². The van der Waals surface area contributed by atoms with Gasteiger partial charge in [0, 0.05) is 0 Å². The van der Waals surface area contributed by atoms with Crippen molar-refractivity contribution in [1.29, 1.82) is 0 Å². The third kappa shape index (κ3) is 5.04. The summed E-state index contributed by atoms with van der Waals surface area (Å²) < 4.78 is 46.5. The smallest absolute Gasteiger partial charge is 0.237 e. The van der Waals surface area contributed by atoms with Gasteiger partial charge < -0.3 is 0 Å². The van der Waals surface area contributed by atoms with Crippen molar-refractivity contribution in [1.82, 2.24) is 0 Å². The van der Waals surface area contributed by atoms with Gasteiger partial charge in [0.2, 0.25) is 0 Å². The van der Waals surface area contributed by atoms with E-state index in [1.807, 2.05) is 0 Å². The summed E-state index contributed by atoms with van der Waals surface area (Å²) in [6.45, 7) is 3.44. The molecule has 0 rings (SSSR count). The van der Waals surface area contributed by atoms with Crippen LogP contribution in [0, 0.1) is 6.92 Å². The van der Waals surface area contributed by atoms with Crippen LogP contribution >= 0.6 is 0 Å². The van der Waals surface area contributed by atoms with Crippen molar-refractivity contribution >= 4 is 0 Å². The second kappa shape index (κ2) is 4.57. The van der Waals surface area contributed by atoms with Crippen molar-refractivity contribution in [3.05, 3.63) is 6.92 Å². The summed E-state index contributed by atoms with van der Waals surface area (Å²) in [4.78, 5) is 0. The fraction of sp³-hybridized carbons (Fsp3) is 0.857. The van der Waals surface area contributed by atoms with Crippen LogP contribution in [-0.2, 0) is 0 Å². The quantitative estimate of drug-likeness (QED) is 0.449. The van der Waals surface area contributed by atoms with Gasteiger partial charge in [-0.05, 0) is 6.42 Å². The van der Waals surface area contributed by atoms with Crippen LogP contribution in [0.25, 0.3) is 0 Å². The summed E-state index contributed by atoms with van der Waals surface area (Å²) >= 11 is 0. The summed E-state index contributed by atoms with van der Waals surface area (Å²) in [5.74, 6) is 0. The van der Waals surface area contributed by atoms with E-state index in [1.165, 1.54) is 0 Å². The van der Waals surface area contributed by atoms with E-state index < -0.39 is 18.8 Å². The molecule has 0 nitrogen and oxygen atoms in total. The average molecular weight is 171 g/mol. The Morgan fingerprint density at radius 3 is 2.09 bits per heavy atom. The molecular weight excluding hydrogens is 160 g/mol. The van der Waals surface area contributed by atoms with Crippen LogP contribution in [0.3, 0.4) is 0 Å². The van der Waals surface area contributed by atoms with Crippen LogP contribution in [-0.4, -0.2) is 12.3 Å². The number of unbranched alkanes of at least 4 members (excludes halogenated alkanes) is 2. The first-order valence-corrected chi connectivity index (χ1v) is 3.48. The maximum absolute atomic E-state index is 12.1. The molecule has 0 saturated carbocycles. The Bertz CT molecular complexity index is 97.1. The zero-order chi connectivity index (χ0) is 8.91. The molecule has 0 aliphatic heterocycles. The largest absolute Gasteiger partial charge is 0.419 e. The fourth-order valence-electron chi connectivity index (χ4n) is 0.664. The number of rotatable bonds is 4. The van der Waals surface area contributed by atoms with Crippen LogP contribution in [0.5, 0.6) is 0 Å². The molecule has 0 fully saturated rings. The highest BCUT2D eigenvalue weighted by molar-refractivity contribution is 4.65. The molecule has 0 saturated heterocycles. The van der Waals surface area contributed by atoms with Crippen molar-refractivity contribution in [2.45, 2.75) is 38.0 Å². The zero-order valence-corrected chi connectivity index (χ0v) is 6.12. The summed E-state index contributed by atoms with van der Waals surface area (Å²) in [7, 11) is 0. The lowest BCUT2D eigenvalue weighted by Crippen LogP contribution is -2.23. The molecule has 1 radical (unpaired) electrons. The zero-order valence-electron chi connectivity index (χ0n) is 6.12. The van der Waals surface area contributed by atoms with Crippen molar-refractivity contribution < 1.29 is 17.6 Å². The second-order valence-corrected chi connectivity index (χ2v) is 2.36. The molecule has 0 bridgehead atoms. The van der Waals surface area contributed by atoms with Crippen LogP contribution in [0.1, 0.15) is 25.7 Å². The maximum atomic E-state index is 12.1. The van der Waals surface area contributed by atoms with Gasteiger partial charge in [-0.1, -0.05) is 26.2 Å². The Hall–Kier alpha value is -0.280. The summed E-state index contributed by atoms with van der Waals surface area (Å²) in [5, 5.41) is 0. The Balaban J connectivity index is 3.44. The molecule has 1 atom stereocenters. The summed E-state index contributed by atoms with van der Waals surface area (Å²) in [6.07, 6.45) is -6.40. The van der Waals surface area contributed by atoms with E-state index in [0.29, 0.717) is 12.8 Å². The van der Waals surface area contributed by atoms with Gasteiger partial charge in [-0.25, -0.2) is 4.39 Å². The highest BCUT2D eigenvalue weighted by Crippen LogP contribution is 2.26. The molecule has 0 aliphatic carbocycles. The van der Waals surface area contributed by atoms with Gasteiger partial charge in [-0.3, -0.25) is 0 Å². The summed E-state index contributed by atoms with van der Waals surface area (Å²) in [6, 6.07) is 0. The first kappa shape index (κ1) is 10.7. The molecule has 0 N–H and O–H groups in total. The Kier molecular flexibility index (Phi) is 4.45. The number of alkyl halides is 4. The fourth-order valence-corrected chi connectivity index (χ4v) is 0.664. The molecule has 67 valence electrons. The minimum atomic E-state index is -4.68. The predicted molar refractivity (Wildman–Crippen MR) is 34.8 cm³/mol. The minimum Gasteiger partial charge on any atom is -0.237 e. The number of hydrogen-bond donors (Lipinski definition) is 0. The lowest BCUT2D eigenvalue weighted by atomic mass is 10.1. The Morgan fingerprint density at radius 1 is 1.18 bits per heavy atom. The normalized spacial score (nSPS) is 15.0. The molecular formula is C7H11F4. The maximum Gasteiger partial charge on any atom is 0.419 e. The van der Waals surface area contributed by atoms with Crippen LogP contribution in [0.2, 0.25) is 0 Å². The Labute approximate surface area is 63.6 Å². The molecule has 0 aromatic rings. The number of halogens is 4. The first-order chi connectivity index (χ1) is 4.98. The predicted octanol–water partition coefficient (Wildman–Crippen LogP) is 3.28. The lowest BCUT2D eigenvalue weighted by Gasteiger charge is -2.10. The topological polar surface area (TPSA) is 0 Å². The van der Waals surface area contributed by atoms with E-state index in [4.69, 9.17) is 0 Å². The average Bonchev–Trinajstić information content (AvgIpc) is 1.86. The highest BCUT2D eigenvalue weighted by Gasteiger charge is 2.39. The van der Waals surface area contributed by atoms with Crippen LogP contribution < -0.4 is 0 Å². The first-order valence-electron chi connectivity index (χ1n) is 3.48. The van der Waals surface area contributed by atoms with E-state index in [9.17, 15) is 17.6 Å². The highest BCUT2D eigenvalue weighted by atomic mass is 19.4. The van der Waals surface area contributed by atoms with Crippen molar-refractivity contribution in [3.8, 4) is 0 Å².